The van der Waals surface area contributed by atoms with E-state index in [1.54, 1.807) is 18.2 Å². The molecule has 0 fully saturated rings. The molecule has 3 N–H and O–H groups in total. The molecule has 1 aromatic carbocycles. The van der Waals surface area contributed by atoms with Crippen LogP contribution < -0.4 is 5.73 Å². The minimum absolute atomic E-state index is 0.129. The molecule has 0 spiro atoms. The van der Waals surface area contributed by atoms with Crippen LogP contribution in [0.3, 0.4) is 0 Å². The van der Waals surface area contributed by atoms with Gasteiger partial charge in [0.2, 0.25) is 0 Å². The Morgan fingerprint density at radius 3 is 2.92 bits per heavy atom. The zero-order valence-electron chi connectivity index (χ0n) is 6.70. The van der Waals surface area contributed by atoms with Crippen molar-refractivity contribution in [2.45, 2.75) is 0 Å². The average molecular weight is 170 g/mol. The summed E-state index contributed by atoms with van der Waals surface area (Å²) < 4.78 is 0. The highest BCUT2D eigenvalue weighted by Gasteiger charge is 2.20. The van der Waals surface area contributed by atoms with Crippen LogP contribution in [0.25, 0.3) is 0 Å². The van der Waals surface area contributed by atoms with Crippen LogP contribution in [0, 0.1) is 16.7 Å². The topological polar surface area (TPSA) is 86.0 Å². The predicted octanol–water partition coefficient (Wildman–Crippen LogP) is 0.603. The van der Waals surface area contributed by atoms with Gasteiger partial charge >= 0.3 is 0 Å². The summed E-state index contributed by atoms with van der Waals surface area (Å²) in [5.74, 6) is 0.391. The van der Waals surface area contributed by atoms with E-state index in [4.69, 9.17) is 16.4 Å². The van der Waals surface area contributed by atoms with Crippen molar-refractivity contribution in [3.8, 4) is 6.07 Å². The van der Waals surface area contributed by atoms with Crippen molar-refractivity contribution < 1.29 is 0 Å². The van der Waals surface area contributed by atoms with Crippen LogP contribution in [0.15, 0.2) is 23.2 Å². The van der Waals surface area contributed by atoms with Gasteiger partial charge in [-0.05, 0) is 6.07 Å². The zero-order chi connectivity index (χ0) is 9.42. The summed E-state index contributed by atoms with van der Waals surface area (Å²) in [4.78, 5) is 3.79. The summed E-state index contributed by atoms with van der Waals surface area (Å²) in [7, 11) is 0. The molecule has 0 radical (unpaired) electrons. The number of amidine groups is 2. The monoisotopic (exact) mass is 170 g/mol. The normalized spacial score (nSPS) is 13.5. The smallest absolute Gasteiger partial charge is 0.154 e. The second kappa shape index (κ2) is 2.42. The molecular weight excluding hydrogens is 164 g/mol. The molecule has 0 aromatic heterocycles. The average Bonchev–Trinajstić information content (AvgIpc) is 2.43. The highest BCUT2D eigenvalue weighted by Crippen LogP contribution is 2.20. The van der Waals surface area contributed by atoms with E-state index in [9.17, 15) is 0 Å². The Hall–Kier alpha value is -2.15. The molecule has 13 heavy (non-hydrogen) atoms. The van der Waals surface area contributed by atoms with Crippen molar-refractivity contribution in [1.82, 2.24) is 0 Å². The van der Waals surface area contributed by atoms with E-state index in [1.165, 1.54) is 0 Å². The summed E-state index contributed by atoms with van der Waals surface area (Å²) in [5, 5.41) is 16.2. The SMILES string of the molecule is N#Cc1cccc2c1C(N)=NC2=N. The summed E-state index contributed by atoms with van der Waals surface area (Å²) in [6.07, 6.45) is 0. The van der Waals surface area contributed by atoms with Gasteiger partial charge in [-0.25, -0.2) is 4.99 Å². The fourth-order valence-electron chi connectivity index (χ4n) is 1.36. The number of nitriles is 1. The van der Waals surface area contributed by atoms with Gasteiger partial charge in [-0.1, -0.05) is 12.1 Å². The molecule has 1 aliphatic rings. The van der Waals surface area contributed by atoms with Crippen molar-refractivity contribution in [3.63, 3.8) is 0 Å². The van der Waals surface area contributed by atoms with Crippen LogP contribution in [0.5, 0.6) is 0 Å². The first kappa shape index (κ1) is 7.50. The van der Waals surface area contributed by atoms with Crippen molar-refractivity contribution in [2.75, 3.05) is 0 Å². The molecule has 0 aliphatic carbocycles. The molecule has 62 valence electrons. The molecule has 0 atom stereocenters. The highest BCUT2D eigenvalue weighted by atomic mass is 14.9. The third-order valence-corrected chi connectivity index (χ3v) is 1.93. The molecule has 1 heterocycles. The molecule has 0 saturated carbocycles. The van der Waals surface area contributed by atoms with Gasteiger partial charge in [-0.2, -0.15) is 5.26 Å². The Bertz CT molecular complexity index is 465. The van der Waals surface area contributed by atoms with Crippen molar-refractivity contribution >= 4 is 11.7 Å². The second-order valence-corrected chi connectivity index (χ2v) is 2.69. The minimum atomic E-state index is 0.129. The standard InChI is InChI=1S/C9H6N4/c10-4-5-2-1-3-6-7(5)9(12)13-8(6)11/h1-3H,(H3,11,12,13). The molecule has 4 heteroatoms. The molecule has 1 aromatic rings. The van der Waals surface area contributed by atoms with Gasteiger partial charge in [0.25, 0.3) is 0 Å². The summed E-state index contributed by atoms with van der Waals surface area (Å²) >= 11 is 0. The van der Waals surface area contributed by atoms with Crippen LogP contribution in [-0.4, -0.2) is 11.7 Å². The van der Waals surface area contributed by atoms with E-state index in [2.05, 4.69) is 4.99 Å². The number of rotatable bonds is 0. The summed E-state index contributed by atoms with van der Waals surface area (Å²) in [5.41, 5.74) is 7.27. The van der Waals surface area contributed by atoms with Crippen LogP contribution in [0.4, 0.5) is 0 Å². The molecule has 0 unspecified atom stereocenters. The Balaban J connectivity index is 2.79. The quantitative estimate of drug-likeness (QED) is 0.597. The van der Waals surface area contributed by atoms with E-state index < -0.39 is 0 Å². The largest absolute Gasteiger partial charge is 0.383 e. The highest BCUT2D eigenvalue weighted by molar-refractivity contribution is 6.21. The Kier molecular flexibility index (Phi) is 1.40. The Labute approximate surface area is 74.8 Å². The van der Waals surface area contributed by atoms with Crippen molar-refractivity contribution in [3.05, 3.63) is 34.9 Å². The third-order valence-electron chi connectivity index (χ3n) is 1.93. The fourth-order valence-corrected chi connectivity index (χ4v) is 1.36. The van der Waals surface area contributed by atoms with Crippen LogP contribution in [-0.2, 0) is 0 Å². The van der Waals surface area contributed by atoms with Gasteiger partial charge in [0.05, 0.1) is 11.6 Å². The van der Waals surface area contributed by atoms with Gasteiger partial charge in [0.1, 0.15) is 5.84 Å². The summed E-state index contributed by atoms with van der Waals surface area (Å²) in [6, 6.07) is 7.15. The number of hydrogen-bond acceptors (Lipinski definition) is 3. The van der Waals surface area contributed by atoms with Crippen LogP contribution >= 0.6 is 0 Å². The van der Waals surface area contributed by atoms with Gasteiger partial charge in [-0.15, -0.1) is 0 Å². The van der Waals surface area contributed by atoms with Crippen LogP contribution in [0.2, 0.25) is 0 Å². The first-order valence-electron chi connectivity index (χ1n) is 3.70. The number of aliphatic imine (C=N–C) groups is 1. The maximum atomic E-state index is 8.77. The number of fused-ring (bicyclic) bond motifs is 1. The van der Waals surface area contributed by atoms with E-state index in [0.29, 0.717) is 16.7 Å². The maximum Gasteiger partial charge on any atom is 0.154 e. The van der Waals surface area contributed by atoms with Gasteiger partial charge in [0, 0.05) is 11.1 Å². The van der Waals surface area contributed by atoms with E-state index in [0.717, 1.165) is 0 Å². The molecule has 2 rings (SSSR count). The second-order valence-electron chi connectivity index (χ2n) is 2.69. The first-order valence-corrected chi connectivity index (χ1v) is 3.70. The van der Waals surface area contributed by atoms with Gasteiger partial charge < -0.3 is 5.73 Å². The van der Waals surface area contributed by atoms with Crippen LogP contribution in [0.1, 0.15) is 16.7 Å². The number of nitrogens with zero attached hydrogens (tertiary/aromatic N) is 2. The van der Waals surface area contributed by atoms with E-state index in [1.807, 2.05) is 6.07 Å². The van der Waals surface area contributed by atoms with Gasteiger partial charge in [0.15, 0.2) is 5.84 Å². The molecule has 4 nitrogen and oxygen atoms in total. The van der Waals surface area contributed by atoms with Crippen molar-refractivity contribution in [2.24, 2.45) is 10.7 Å². The lowest BCUT2D eigenvalue weighted by Gasteiger charge is -1.99. The maximum absolute atomic E-state index is 8.77. The fraction of sp³-hybridized carbons (Fsp3) is 0. The van der Waals surface area contributed by atoms with E-state index in [-0.39, 0.29) is 11.7 Å². The van der Waals surface area contributed by atoms with Gasteiger partial charge in [-0.3, -0.25) is 5.41 Å². The Morgan fingerprint density at radius 2 is 2.23 bits per heavy atom. The number of nitrogens with one attached hydrogen (secondary N) is 1. The number of hydrogen-bond donors (Lipinski definition) is 2. The number of nitrogens with two attached hydrogens (primary N) is 1. The molecule has 1 aliphatic heterocycles. The molecule has 0 bridgehead atoms. The number of benzene rings is 1. The van der Waals surface area contributed by atoms with E-state index >= 15 is 0 Å². The minimum Gasteiger partial charge on any atom is -0.383 e. The first-order chi connectivity index (χ1) is 6.24. The third kappa shape index (κ3) is 0.908. The lowest BCUT2D eigenvalue weighted by atomic mass is 10.0. The molecule has 0 amide bonds. The van der Waals surface area contributed by atoms with Crippen molar-refractivity contribution in [1.29, 1.82) is 10.7 Å². The zero-order valence-corrected chi connectivity index (χ0v) is 6.70. The lowest BCUT2D eigenvalue weighted by Crippen LogP contribution is -2.12. The predicted molar refractivity (Wildman–Crippen MR) is 48.7 cm³/mol. The lowest BCUT2D eigenvalue weighted by molar-refractivity contribution is 1.44. The summed E-state index contributed by atoms with van der Waals surface area (Å²) in [6.45, 7) is 0. The molecule has 0 saturated heterocycles. The molecular formula is C9H6N4. The Morgan fingerprint density at radius 1 is 1.46 bits per heavy atom.